The van der Waals surface area contributed by atoms with Crippen LogP contribution in [0.1, 0.15) is 0 Å². The number of anilines is 2. The van der Waals surface area contributed by atoms with Crippen LogP contribution in [0.5, 0.6) is 0 Å². The summed E-state index contributed by atoms with van der Waals surface area (Å²) in [6, 6.07) is 11.0. The Bertz CT molecular complexity index is 611. The summed E-state index contributed by atoms with van der Waals surface area (Å²) in [7, 11) is 0. The fraction of sp³-hybridized carbons (Fsp3) is 0.125. The Morgan fingerprint density at radius 1 is 0.720 bits per heavy atom. The van der Waals surface area contributed by atoms with Crippen LogP contribution in [0.4, 0.5) is 20.2 Å². The molecule has 2 amide bonds. The fourth-order valence-electron chi connectivity index (χ4n) is 1.46. The summed E-state index contributed by atoms with van der Waals surface area (Å²) in [4.78, 5) is 21.5. The molecule has 0 atom stereocenters. The predicted molar refractivity (Wildman–Crippen MR) is 94.5 cm³/mol. The first-order valence-corrected chi connectivity index (χ1v) is 7.87. The van der Waals surface area contributed by atoms with Crippen LogP contribution >= 0.6 is 0 Å². The topological polar surface area (TPSA) is 58.2 Å². The first kappa shape index (κ1) is 23.5. The zero-order valence-electron chi connectivity index (χ0n) is 12.7. The second kappa shape index (κ2) is 12.8. The van der Waals surface area contributed by atoms with Gasteiger partial charge in [-0.15, -0.1) is 0 Å². The van der Waals surface area contributed by atoms with Crippen LogP contribution in [0.15, 0.2) is 48.5 Å². The molecule has 0 aliphatic heterocycles. The SMILES string of the molecule is O=C(C[S-])Nc1ccc(F)cc1.O=C(C[S-])Nc1ccc(F)cc1.[Cu+2]. The van der Waals surface area contributed by atoms with Crippen molar-refractivity contribution >= 4 is 48.4 Å². The molecular weight excluding hydrogens is 418 g/mol. The van der Waals surface area contributed by atoms with Crippen LogP contribution in [-0.4, -0.2) is 23.3 Å². The van der Waals surface area contributed by atoms with Gasteiger partial charge < -0.3 is 35.9 Å². The minimum atomic E-state index is -0.327. The van der Waals surface area contributed by atoms with Gasteiger partial charge in [-0.2, -0.15) is 0 Å². The minimum absolute atomic E-state index is 0. The van der Waals surface area contributed by atoms with Crippen molar-refractivity contribution in [1.29, 1.82) is 0 Å². The third-order valence-corrected chi connectivity index (χ3v) is 3.04. The Hall–Kier alpha value is -1.54. The van der Waals surface area contributed by atoms with Gasteiger partial charge in [-0.05, 0) is 48.5 Å². The molecule has 2 rings (SSSR count). The standard InChI is InChI=1S/2C8H8FNOS.Cu/c2*9-6-1-3-7(4-2-6)10-8(11)5-12;/h2*1-4,12H,5H2,(H,10,11);/q;;+2/p-2. The zero-order valence-corrected chi connectivity index (χ0v) is 15.3. The number of benzene rings is 2. The maximum absolute atomic E-state index is 12.4. The van der Waals surface area contributed by atoms with Gasteiger partial charge in [0.2, 0.25) is 0 Å². The summed E-state index contributed by atoms with van der Waals surface area (Å²) in [5.74, 6) is -1.14. The van der Waals surface area contributed by atoms with E-state index in [1.165, 1.54) is 48.5 Å². The average molecular weight is 432 g/mol. The van der Waals surface area contributed by atoms with E-state index in [-0.39, 0.29) is 52.0 Å². The van der Waals surface area contributed by atoms with Gasteiger partial charge in [0.05, 0.1) is 0 Å². The molecule has 9 heteroatoms. The molecule has 0 aromatic heterocycles. The molecule has 1 radical (unpaired) electrons. The molecule has 0 aliphatic rings. The van der Waals surface area contributed by atoms with E-state index < -0.39 is 0 Å². The molecule has 0 unspecified atom stereocenters. The summed E-state index contributed by atoms with van der Waals surface area (Å²) in [5.41, 5.74) is 1.12. The number of hydrogen-bond acceptors (Lipinski definition) is 4. The number of hydrogen-bond donors (Lipinski definition) is 2. The number of carbonyl (C=O) groups excluding carboxylic acids is 2. The van der Waals surface area contributed by atoms with Crippen LogP contribution in [0.3, 0.4) is 0 Å². The molecule has 0 aliphatic carbocycles. The van der Waals surface area contributed by atoms with E-state index in [2.05, 4.69) is 35.9 Å². The minimum Gasteiger partial charge on any atom is -0.783 e. The molecular formula is C16H14CuF2N2O2S2. The third kappa shape index (κ3) is 10.1. The van der Waals surface area contributed by atoms with E-state index in [1.54, 1.807) is 0 Å². The Labute approximate surface area is 166 Å². The van der Waals surface area contributed by atoms with Crippen molar-refractivity contribution in [2.75, 3.05) is 22.1 Å². The quantitative estimate of drug-likeness (QED) is 0.577. The van der Waals surface area contributed by atoms with Crippen LogP contribution in [0, 0.1) is 11.6 Å². The molecule has 137 valence electrons. The van der Waals surface area contributed by atoms with E-state index in [1.807, 2.05) is 0 Å². The Morgan fingerprint density at radius 3 is 1.24 bits per heavy atom. The zero-order chi connectivity index (χ0) is 17.9. The third-order valence-electron chi connectivity index (χ3n) is 2.52. The van der Waals surface area contributed by atoms with Crippen molar-refractivity contribution in [3.05, 3.63) is 60.2 Å². The van der Waals surface area contributed by atoms with Crippen molar-refractivity contribution in [2.24, 2.45) is 0 Å². The summed E-state index contributed by atoms with van der Waals surface area (Å²) in [6.07, 6.45) is 0. The van der Waals surface area contributed by atoms with Crippen molar-refractivity contribution in [3.8, 4) is 0 Å². The summed E-state index contributed by atoms with van der Waals surface area (Å²) < 4.78 is 24.7. The maximum atomic E-state index is 12.4. The van der Waals surface area contributed by atoms with Gasteiger partial charge in [-0.3, -0.25) is 9.59 Å². The van der Waals surface area contributed by atoms with Gasteiger partial charge in [0.25, 0.3) is 0 Å². The van der Waals surface area contributed by atoms with Crippen molar-refractivity contribution in [1.82, 2.24) is 0 Å². The molecule has 0 spiro atoms. The van der Waals surface area contributed by atoms with E-state index >= 15 is 0 Å². The molecule has 2 N–H and O–H groups in total. The monoisotopic (exact) mass is 431 g/mol. The van der Waals surface area contributed by atoms with Gasteiger partial charge in [0.1, 0.15) is 11.6 Å². The van der Waals surface area contributed by atoms with Crippen molar-refractivity contribution in [3.63, 3.8) is 0 Å². The van der Waals surface area contributed by atoms with E-state index in [0.717, 1.165) is 0 Å². The van der Waals surface area contributed by atoms with E-state index in [0.29, 0.717) is 11.4 Å². The molecule has 2 aromatic carbocycles. The number of nitrogens with one attached hydrogen (secondary N) is 2. The Morgan fingerprint density at radius 2 is 1.00 bits per heavy atom. The first-order valence-electron chi connectivity index (χ1n) is 6.71. The van der Waals surface area contributed by atoms with Crippen LogP contribution in [0.25, 0.3) is 0 Å². The Kier molecular flexibility index (Phi) is 12.0. The van der Waals surface area contributed by atoms with Crippen molar-refractivity contribution < 1.29 is 35.4 Å². The molecule has 0 saturated carbocycles. The van der Waals surface area contributed by atoms with Gasteiger partial charge in [0, 0.05) is 11.4 Å². The fourth-order valence-corrected chi connectivity index (χ4v) is 1.60. The molecule has 0 saturated heterocycles. The molecule has 25 heavy (non-hydrogen) atoms. The molecule has 0 fully saturated rings. The molecule has 0 heterocycles. The van der Waals surface area contributed by atoms with Crippen LogP contribution in [-0.2, 0) is 51.9 Å². The second-order valence-electron chi connectivity index (χ2n) is 4.40. The van der Waals surface area contributed by atoms with Crippen LogP contribution < -0.4 is 10.6 Å². The van der Waals surface area contributed by atoms with Gasteiger partial charge in [0.15, 0.2) is 11.8 Å². The first-order chi connectivity index (χ1) is 11.4. The Balaban J connectivity index is 0.000000443. The molecule has 4 nitrogen and oxygen atoms in total. The van der Waals surface area contributed by atoms with E-state index in [4.69, 9.17) is 0 Å². The largest absolute Gasteiger partial charge is 2.00 e. The molecule has 2 aromatic rings. The summed E-state index contributed by atoms with van der Waals surface area (Å²) >= 11 is 9.03. The summed E-state index contributed by atoms with van der Waals surface area (Å²) in [5, 5.41) is 5.02. The molecule has 0 bridgehead atoms. The number of halogens is 2. The van der Waals surface area contributed by atoms with Crippen LogP contribution in [0.2, 0.25) is 0 Å². The van der Waals surface area contributed by atoms with Gasteiger partial charge >= 0.3 is 17.1 Å². The smallest absolute Gasteiger partial charge is 0.783 e. The predicted octanol–water partition coefficient (Wildman–Crippen LogP) is 2.62. The normalized spacial score (nSPS) is 9.12. The van der Waals surface area contributed by atoms with E-state index in [9.17, 15) is 18.4 Å². The second-order valence-corrected chi connectivity index (χ2v) is 4.98. The van der Waals surface area contributed by atoms with Gasteiger partial charge in [-0.25, -0.2) is 8.78 Å². The van der Waals surface area contributed by atoms with Gasteiger partial charge in [-0.1, -0.05) is 11.5 Å². The maximum Gasteiger partial charge on any atom is 2.00 e. The van der Waals surface area contributed by atoms with Crippen molar-refractivity contribution in [2.45, 2.75) is 0 Å². The number of rotatable bonds is 4. The number of carbonyl (C=O) groups is 2. The average Bonchev–Trinajstić information content (AvgIpc) is 2.59. The summed E-state index contributed by atoms with van der Waals surface area (Å²) in [6.45, 7) is 0. The number of amides is 2.